The van der Waals surface area contributed by atoms with Crippen molar-refractivity contribution in [3.63, 3.8) is 0 Å². The Morgan fingerprint density at radius 2 is 1.61 bits per heavy atom. The monoisotopic (exact) mass is 458 g/mol. The summed E-state index contributed by atoms with van der Waals surface area (Å²) in [6.45, 7) is 4.88. The Bertz CT molecular complexity index is 1190. The van der Waals surface area contributed by atoms with Crippen LogP contribution in [0.1, 0.15) is 29.4 Å². The molecule has 1 aromatic heterocycles. The van der Waals surface area contributed by atoms with Crippen LogP contribution in [-0.2, 0) is 12.4 Å². The summed E-state index contributed by atoms with van der Waals surface area (Å²) in [4.78, 5) is 0. The molecule has 6 nitrogen and oxygen atoms in total. The van der Waals surface area contributed by atoms with Crippen LogP contribution in [0, 0.1) is 6.92 Å². The van der Waals surface area contributed by atoms with E-state index < -0.39 is 0 Å². The van der Waals surface area contributed by atoms with Gasteiger partial charge in [0.15, 0.2) is 17.3 Å². The maximum atomic E-state index is 6.00. The van der Waals surface area contributed by atoms with Gasteiger partial charge in [-0.15, -0.1) is 10.2 Å². The van der Waals surface area contributed by atoms with Gasteiger partial charge in [-0.2, -0.15) is 9.78 Å². The van der Waals surface area contributed by atoms with E-state index in [1.807, 2.05) is 80.6 Å². The average Bonchev–Trinajstić information content (AvgIpc) is 3.21. The number of rotatable bonds is 10. The summed E-state index contributed by atoms with van der Waals surface area (Å²) in [7, 11) is 0. The number of ether oxygens (including phenoxy) is 2. The minimum Gasteiger partial charge on any atom is -0.490 e. The third kappa shape index (κ3) is 6.23. The number of hydrogen-bond acceptors (Lipinski definition) is 6. The van der Waals surface area contributed by atoms with E-state index in [1.54, 1.807) is 22.7 Å². The first-order valence-corrected chi connectivity index (χ1v) is 11.8. The molecule has 0 unspecified atom stereocenters. The fraction of sp³-hybridized carbons (Fsp3) is 0.192. The van der Waals surface area contributed by atoms with E-state index in [0.29, 0.717) is 24.7 Å². The molecule has 0 saturated heterocycles. The lowest BCUT2D eigenvalue weighted by atomic mass is 10.2. The Labute approximate surface area is 198 Å². The summed E-state index contributed by atoms with van der Waals surface area (Å²) in [5, 5.41) is 13.8. The zero-order valence-electron chi connectivity index (χ0n) is 18.7. The van der Waals surface area contributed by atoms with Crippen LogP contribution in [0.3, 0.4) is 0 Å². The van der Waals surface area contributed by atoms with Crippen molar-refractivity contribution in [2.24, 2.45) is 5.10 Å². The smallest absolute Gasteiger partial charge is 0.212 e. The minimum atomic E-state index is 0.482. The summed E-state index contributed by atoms with van der Waals surface area (Å²) in [6.07, 6.45) is 1.78. The van der Waals surface area contributed by atoms with Gasteiger partial charge in [-0.25, -0.2) is 0 Å². The maximum Gasteiger partial charge on any atom is 0.212 e. The third-order valence-corrected chi connectivity index (χ3v) is 5.80. The number of aromatic nitrogens is 3. The van der Waals surface area contributed by atoms with E-state index in [0.717, 1.165) is 27.9 Å². The molecule has 0 saturated carbocycles. The summed E-state index contributed by atoms with van der Waals surface area (Å²) in [6, 6.07) is 26.2. The highest BCUT2D eigenvalue weighted by Gasteiger charge is 2.10. The van der Waals surface area contributed by atoms with Gasteiger partial charge in [0.2, 0.25) is 5.16 Å². The maximum absolute atomic E-state index is 6.00. The molecule has 168 valence electrons. The van der Waals surface area contributed by atoms with E-state index in [2.05, 4.69) is 27.4 Å². The van der Waals surface area contributed by atoms with Crippen LogP contribution < -0.4 is 9.47 Å². The van der Waals surface area contributed by atoms with E-state index in [9.17, 15) is 0 Å². The average molecular weight is 459 g/mol. The molecule has 0 aliphatic heterocycles. The van der Waals surface area contributed by atoms with Gasteiger partial charge >= 0.3 is 0 Å². The summed E-state index contributed by atoms with van der Waals surface area (Å²) in [5.74, 6) is 2.93. The second kappa shape index (κ2) is 11.3. The molecule has 0 radical (unpaired) electrons. The van der Waals surface area contributed by atoms with Gasteiger partial charge in [-0.3, -0.25) is 0 Å². The Hall–Kier alpha value is -3.58. The standard InChI is InChI=1S/C26H26N4O2S/c1-3-31-25-16-23(14-15-24(25)32-18-21-10-6-4-7-11-21)17-27-30-20(2)28-29-26(30)33-19-22-12-8-5-9-13-22/h4-17H,3,18-19H2,1-2H3/b27-17+. The molecule has 0 amide bonds. The van der Waals surface area contributed by atoms with Crippen molar-refractivity contribution in [1.82, 2.24) is 14.9 Å². The predicted molar refractivity (Wildman–Crippen MR) is 132 cm³/mol. The SMILES string of the molecule is CCOc1cc(/C=N/n2c(C)nnc2SCc2ccccc2)ccc1OCc1ccccc1. The van der Waals surface area contributed by atoms with Crippen molar-refractivity contribution in [2.45, 2.75) is 31.4 Å². The Kier molecular flexibility index (Phi) is 7.76. The molecule has 0 aliphatic rings. The summed E-state index contributed by atoms with van der Waals surface area (Å²) < 4.78 is 13.6. The first-order chi connectivity index (χ1) is 16.2. The first kappa shape index (κ1) is 22.6. The van der Waals surface area contributed by atoms with E-state index in [-0.39, 0.29) is 0 Å². The van der Waals surface area contributed by atoms with Crippen LogP contribution in [0.5, 0.6) is 11.5 Å². The van der Waals surface area contributed by atoms with Crippen molar-refractivity contribution in [1.29, 1.82) is 0 Å². The zero-order valence-corrected chi connectivity index (χ0v) is 19.5. The number of hydrogen-bond donors (Lipinski definition) is 0. The molecule has 0 spiro atoms. The van der Waals surface area contributed by atoms with E-state index >= 15 is 0 Å². The second-order valence-corrected chi connectivity index (χ2v) is 8.22. The molecule has 0 atom stereocenters. The topological polar surface area (TPSA) is 61.5 Å². The van der Waals surface area contributed by atoms with Crippen LogP contribution in [-0.4, -0.2) is 27.7 Å². The number of benzene rings is 3. The molecule has 4 aromatic rings. The zero-order chi connectivity index (χ0) is 22.9. The lowest BCUT2D eigenvalue weighted by molar-refractivity contribution is 0.269. The van der Waals surface area contributed by atoms with Crippen molar-refractivity contribution in [2.75, 3.05) is 6.61 Å². The molecule has 3 aromatic carbocycles. The van der Waals surface area contributed by atoms with Gasteiger partial charge in [-0.05, 0) is 48.7 Å². The van der Waals surface area contributed by atoms with Crippen LogP contribution in [0.2, 0.25) is 0 Å². The fourth-order valence-electron chi connectivity index (χ4n) is 3.14. The van der Waals surface area contributed by atoms with Gasteiger partial charge in [0.1, 0.15) is 6.61 Å². The largest absolute Gasteiger partial charge is 0.490 e. The third-order valence-electron chi connectivity index (χ3n) is 4.81. The fourth-order valence-corrected chi connectivity index (χ4v) is 4.02. The summed E-state index contributed by atoms with van der Waals surface area (Å²) >= 11 is 1.61. The van der Waals surface area contributed by atoms with E-state index in [4.69, 9.17) is 9.47 Å². The highest BCUT2D eigenvalue weighted by molar-refractivity contribution is 7.98. The van der Waals surface area contributed by atoms with Gasteiger partial charge in [0.05, 0.1) is 12.8 Å². The first-order valence-electron chi connectivity index (χ1n) is 10.8. The van der Waals surface area contributed by atoms with Gasteiger partial charge in [0.25, 0.3) is 0 Å². The molecular weight excluding hydrogens is 432 g/mol. The van der Waals surface area contributed by atoms with Crippen molar-refractivity contribution < 1.29 is 9.47 Å². The van der Waals surface area contributed by atoms with Crippen molar-refractivity contribution in [3.05, 3.63) is 101 Å². The molecule has 0 N–H and O–H groups in total. The number of aryl methyl sites for hydroxylation is 1. The quantitative estimate of drug-likeness (QED) is 0.224. The van der Waals surface area contributed by atoms with Gasteiger partial charge in [0, 0.05) is 5.75 Å². The minimum absolute atomic E-state index is 0.482. The Balaban J connectivity index is 1.47. The Morgan fingerprint density at radius 1 is 0.879 bits per heavy atom. The Morgan fingerprint density at radius 3 is 2.33 bits per heavy atom. The lowest BCUT2D eigenvalue weighted by Gasteiger charge is -2.12. The molecule has 33 heavy (non-hydrogen) atoms. The molecule has 1 heterocycles. The molecule has 0 fully saturated rings. The van der Waals surface area contributed by atoms with Crippen LogP contribution in [0.4, 0.5) is 0 Å². The van der Waals surface area contributed by atoms with Gasteiger partial charge < -0.3 is 9.47 Å². The normalized spacial score (nSPS) is 11.1. The van der Waals surface area contributed by atoms with Crippen molar-refractivity contribution >= 4 is 18.0 Å². The van der Waals surface area contributed by atoms with Crippen LogP contribution in [0.15, 0.2) is 89.1 Å². The summed E-state index contributed by atoms with van der Waals surface area (Å²) in [5.41, 5.74) is 3.23. The number of thioether (sulfide) groups is 1. The highest BCUT2D eigenvalue weighted by atomic mass is 32.2. The molecule has 0 aliphatic carbocycles. The predicted octanol–water partition coefficient (Wildman–Crippen LogP) is 5.74. The molecule has 0 bridgehead atoms. The molecule has 7 heteroatoms. The molecular formula is C26H26N4O2S. The second-order valence-electron chi connectivity index (χ2n) is 7.27. The van der Waals surface area contributed by atoms with Crippen molar-refractivity contribution in [3.8, 4) is 11.5 Å². The van der Waals surface area contributed by atoms with E-state index in [1.165, 1.54) is 5.56 Å². The number of nitrogens with zero attached hydrogens (tertiary/aromatic N) is 4. The lowest BCUT2D eigenvalue weighted by Crippen LogP contribution is -2.01. The van der Waals surface area contributed by atoms with Gasteiger partial charge in [-0.1, -0.05) is 72.4 Å². The highest BCUT2D eigenvalue weighted by Crippen LogP contribution is 2.29. The van der Waals surface area contributed by atoms with Crippen LogP contribution >= 0.6 is 11.8 Å². The molecule has 4 rings (SSSR count). The van der Waals surface area contributed by atoms with Crippen LogP contribution in [0.25, 0.3) is 0 Å².